The average molecular weight is 210 g/mol. The summed E-state index contributed by atoms with van der Waals surface area (Å²) in [6, 6.07) is 1.74. The fraction of sp³-hybridized carbons (Fsp3) is 1.00. The van der Waals surface area contributed by atoms with Gasteiger partial charge >= 0.3 is 0 Å². The van der Waals surface area contributed by atoms with Crippen molar-refractivity contribution in [2.45, 2.75) is 58.0 Å². The molecular formula is C13H26N2. The van der Waals surface area contributed by atoms with Crippen LogP contribution < -0.4 is 5.32 Å². The summed E-state index contributed by atoms with van der Waals surface area (Å²) in [4.78, 5) is 2.80. The van der Waals surface area contributed by atoms with Gasteiger partial charge in [-0.3, -0.25) is 4.90 Å². The van der Waals surface area contributed by atoms with Crippen molar-refractivity contribution < 1.29 is 0 Å². The Kier molecular flexibility index (Phi) is 4.04. The van der Waals surface area contributed by atoms with Crippen LogP contribution >= 0.6 is 0 Å². The fourth-order valence-corrected chi connectivity index (χ4v) is 3.13. The van der Waals surface area contributed by atoms with E-state index < -0.39 is 0 Å². The summed E-state index contributed by atoms with van der Waals surface area (Å²) >= 11 is 0. The predicted molar refractivity (Wildman–Crippen MR) is 65.1 cm³/mol. The van der Waals surface area contributed by atoms with Crippen LogP contribution in [-0.2, 0) is 0 Å². The van der Waals surface area contributed by atoms with Gasteiger partial charge in [0.15, 0.2) is 0 Å². The number of nitrogens with zero attached hydrogens (tertiary/aromatic N) is 1. The minimum absolute atomic E-state index is 0.847. The molecule has 2 unspecified atom stereocenters. The van der Waals surface area contributed by atoms with Crippen molar-refractivity contribution in [2.24, 2.45) is 5.92 Å². The molecule has 0 radical (unpaired) electrons. The molecule has 0 aromatic heterocycles. The first kappa shape index (κ1) is 11.4. The summed E-state index contributed by atoms with van der Waals surface area (Å²) in [6.07, 6.45) is 7.10. The van der Waals surface area contributed by atoms with Crippen LogP contribution in [0, 0.1) is 5.92 Å². The van der Waals surface area contributed by atoms with E-state index in [0.717, 1.165) is 18.0 Å². The second-order valence-corrected chi connectivity index (χ2v) is 5.48. The van der Waals surface area contributed by atoms with Crippen molar-refractivity contribution in [3.8, 4) is 0 Å². The van der Waals surface area contributed by atoms with Crippen molar-refractivity contribution >= 4 is 0 Å². The molecule has 1 heterocycles. The Balaban J connectivity index is 1.90. The van der Waals surface area contributed by atoms with Gasteiger partial charge < -0.3 is 5.32 Å². The third-order valence-corrected chi connectivity index (χ3v) is 4.09. The van der Waals surface area contributed by atoms with Gasteiger partial charge in [0.25, 0.3) is 0 Å². The first-order chi connectivity index (χ1) is 7.31. The lowest BCUT2D eigenvalue weighted by molar-refractivity contribution is 0.0618. The summed E-state index contributed by atoms with van der Waals surface area (Å²) in [5.41, 5.74) is 0. The standard InChI is InChI=1S/C13H26N2/c1-3-7-15(13-9-14-10-13)12-6-4-5-11(2)8-12/h11-14H,3-10H2,1-2H3. The van der Waals surface area contributed by atoms with Crippen LogP contribution in [0.1, 0.15) is 46.0 Å². The summed E-state index contributed by atoms with van der Waals surface area (Å²) in [6.45, 7) is 8.50. The second-order valence-electron chi connectivity index (χ2n) is 5.48. The number of hydrogen-bond acceptors (Lipinski definition) is 2. The van der Waals surface area contributed by atoms with Crippen LogP contribution in [-0.4, -0.2) is 36.6 Å². The Bertz CT molecular complexity index is 189. The monoisotopic (exact) mass is 210 g/mol. The lowest BCUT2D eigenvalue weighted by atomic mass is 9.85. The molecule has 2 heteroatoms. The van der Waals surface area contributed by atoms with E-state index in [1.807, 2.05) is 0 Å². The molecule has 88 valence electrons. The lowest BCUT2D eigenvalue weighted by Crippen LogP contribution is -2.60. The van der Waals surface area contributed by atoms with Crippen molar-refractivity contribution in [3.05, 3.63) is 0 Å². The van der Waals surface area contributed by atoms with Crippen molar-refractivity contribution in [1.29, 1.82) is 0 Å². The lowest BCUT2D eigenvalue weighted by Gasteiger charge is -2.45. The molecule has 2 atom stereocenters. The molecule has 0 aromatic carbocycles. The molecule has 0 aromatic rings. The van der Waals surface area contributed by atoms with Crippen LogP contribution in [0.3, 0.4) is 0 Å². The van der Waals surface area contributed by atoms with Gasteiger partial charge in [-0.25, -0.2) is 0 Å². The van der Waals surface area contributed by atoms with Crippen molar-refractivity contribution in [3.63, 3.8) is 0 Å². The maximum atomic E-state index is 3.41. The van der Waals surface area contributed by atoms with Gasteiger partial charge in [0.05, 0.1) is 0 Å². The van der Waals surface area contributed by atoms with E-state index in [-0.39, 0.29) is 0 Å². The van der Waals surface area contributed by atoms with Crippen LogP contribution in [0.5, 0.6) is 0 Å². The molecule has 1 saturated carbocycles. The normalized spacial score (nSPS) is 33.0. The van der Waals surface area contributed by atoms with E-state index in [1.165, 1.54) is 51.7 Å². The van der Waals surface area contributed by atoms with Crippen LogP contribution in [0.15, 0.2) is 0 Å². The number of nitrogens with one attached hydrogen (secondary N) is 1. The van der Waals surface area contributed by atoms with Gasteiger partial charge in [-0.2, -0.15) is 0 Å². The van der Waals surface area contributed by atoms with Gasteiger partial charge in [-0.15, -0.1) is 0 Å². The largest absolute Gasteiger partial charge is 0.314 e. The molecule has 0 spiro atoms. The molecular weight excluding hydrogens is 184 g/mol. The second kappa shape index (κ2) is 5.31. The van der Waals surface area contributed by atoms with E-state index in [1.54, 1.807) is 0 Å². The molecule has 1 N–H and O–H groups in total. The molecule has 2 fully saturated rings. The molecule has 0 bridgehead atoms. The molecule has 2 rings (SSSR count). The Morgan fingerprint density at radius 3 is 2.53 bits per heavy atom. The van der Waals surface area contributed by atoms with Gasteiger partial charge in [-0.05, 0) is 31.7 Å². The summed E-state index contributed by atoms with van der Waals surface area (Å²) in [7, 11) is 0. The highest BCUT2D eigenvalue weighted by Gasteiger charge is 2.31. The highest BCUT2D eigenvalue weighted by molar-refractivity contribution is 4.90. The third kappa shape index (κ3) is 2.73. The first-order valence-electron chi connectivity index (χ1n) is 6.77. The molecule has 1 aliphatic heterocycles. The number of rotatable bonds is 4. The minimum atomic E-state index is 0.847. The smallest absolute Gasteiger partial charge is 0.0348 e. The maximum Gasteiger partial charge on any atom is 0.0348 e. The highest BCUT2D eigenvalue weighted by atomic mass is 15.3. The Hall–Kier alpha value is -0.0800. The van der Waals surface area contributed by atoms with E-state index in [0.29, 0.717) is 0 Å². The van der Waals surface area contributed by atoms with Gasteiger partial charge in [0, 0.05) is 25.2 Å². The van der Waals surface area contributed by atoms with Gasteiger partial charge in [0.2, 0.25) is 0 Å². The SMILES string of the molecule is CCCN(C1CNC1)C1CCCC(C)C1. The average Bonchev–Trinajstić information content (AvgIpc) is 2.14. The third-order valence-electron chi connectivity index (χ3n) is 4.09. The number of hydrogen-bond donors (Lipinski definition) is 1. The Morgan fingerprint density at radius 1 is 1.20 bits per heavy atom. The van der Waals surface area contributed by atoms with Gasteiger partial charge in [0.1, 0.15) is 0 Å². The summed E-state index contributed by atoms with van der Waals surface area (Å²) in [5.74, 6) is 0.955. The Labute approximate surface area is 94.4 Å². The summed E-state index contributed by atoms with van der Waals surface area (Å²) in [5, 5.41) is 3.41. The molecule has 15 heavy (non-hydrogen) atoms. The van der Waals surface area contributed by atoms with Crippen molar-refractivity contribution in [2.75, 3.05) is 19.6 Å². The predicted octanol–water partition coefficient (Wildman–Crippen LogP) is 2.25. The molecule has 0 amide bonds. The van der Waals surface area contributed by atoms with Crippen molar-refractivity contribution in [1.82, 2.24) is 10.2 Å². The van der Waals surface area contributed by atoms with Gasteiger partial charge in [-0.1, -0.05) is 26.7 Å². The fourth-order valence-electron chi connectivity index (χ4n) is 3.13. The zero-order chi connectivity index (χ0) is 10.7. The van der Waals surface area contributed by atoms with Crippen LogP contribution in [0.4, 0.5) is 0 Å². The van der Waals surface area contributed by atoms with E-state index in [4.69, 9.17) is 0 Å². The molecule has 1 saturated heterocycles. The molecule has 2 nitrogen and oxygen atoms in total. The topological polar surface area (TPSA) is 15.3 Å². The highest BCUT2D eigenvalue weighted by Crippen LogP contribution is 2.29. The maximum absolute atomic E-state index is 3.41. The first-order valence-corrected chi connectivity index (χ1v) is 6.77. The summed E-state index contributed by atoms with van der Waals surface area (Å²) < 4.78 is 0. The van der Waals surface area contributed by atoms with Crippen LogP contribution in [0.2, 0.25) is 0 Å². The van der Waals surface area contributed by atoms with Crippen LogP contribution in [0.25, 0.3) is 0 Å². The minimum Gasteiger partial charge on any atom is -0.314 e. The van der Waals surface area contributed by atoms with E-state index in [9.17, 15) is 0 Å². The van der Waals surface area contributed by atoms with E-state index >= 15 is 0 Å². The Morgan fingerprint density at radius 2 is 2.00 bits per heavy atom. The molecule has 1 aliphatic carbocycles. The van der Waals surface area contributed by atoms with E-state index in [2.05, 4.69) is 24.1 Å². The zero-order valence-corrected chi connectivity index (χ0v) is 10.3. The molecule has 2 aliphatic rings. The zero-order valence-electron chi connectivity index (χ0n) is 10.3. The quantitative estimate of drug-likeness (QED) is 0.765.